The molecule has 0 aromatic carbocycles. The molecule has 3 fully saturated rings. The zero-order valence-corrected chi connectivity index (χ0v) is 21.2. The number of rotatable bonds is 6. The number of ether oxygens (including phenoxy) is 1. The second-order valence-electron chi connectivity index (χ2n) is 10.3. The van der Waals surface area contributed by atoms with Crippen LogP contribution >= 0.6 is 11.6 Å². The molecule has 36 heavy (non-hydrogen) atoms. The lowest BCUT2D eigenvalue weighted by atomic mass is 9.78. The molecule has 6 rings (SSSR count). The van der Waals surface area contributed by atoms with Crippen molar-refractivity contribution in [1.82, 2.24) is 35.3 Å². The molecule has 3 aromatic heterocycles. The molecule has 1 unspecified atom stereocenters. The summed E-state index contributed by atoms with van der Waals surface area (Å²) in [5.41, 5.74) is 5.03. The molecule has 10 nitrogen and oxygen atoms in total. The Morgan fingerprint density at radius 2 is 2.00 bits per heavy atom. The molecule has 2 aliphatic carbocycles. The molecule has 1 aliphatic heterocycles. The summed E-state index contributed by atoms with van der Waals surface area (Å²) in [7, 11) is 1.76. The average Bonchev–Trinajstić information content (AvgIpc) is 3.44. The van der Waals surface area contributed by atoms with Crippen molar-refractivity contribution in [1.29, 1.82) is 0 Å². The fourth-order valence-electron chi connectivity index (χ4n) is 5.64. The van der Waals surface area contributed by atoms with Crippen molar-refractivity contribution in [2.45, 2.75) is 70.2 Å². The number of carbonyl (C=O) groups excluding carboxylic acids is 1. The number of hydrogen-bond donors (Lipinski definition) is 2. The molecule has 11 heteroatoms. The Kier molecular flexibility index (Phi) is 6.05. The molecule has 3 aromatic rings. The predicted molar refractivity (Wildman–Crippen MR) is 133 cm³/mol. The van der Waals surface area contributed by atoms with Crippen molar-refractivity contribution in [3.63, 3.8) is 0 Å². The summed E-state index contributed by atoms with van der Waals surface area (Å²) in [5.74, 6) is 2.56. The lowest BCUT2D eigenvalue weighted by Gasteiger charge is -2.40. The van der Waals surface area contributed by atoms with Crippen LogP contribution in [0.15, 0.2) is 18.5 Å². The van der Waals surface area contributed by atoms with Gasteiger partial charge in [0.15, 0.2) is 17.6 Å². The minimum atomic E-state index is -0.693. The number of aromatic nitrogens is 5. The van der Waals surface area contributed by atoms with E-state index in [1.807, 2.05) is 6.07 Å². The van der Waals surface area contributed by atoms with Gasteiger partial charge in [0.2, 0.25) is 0 Å². The number of carbonyl (C=O) groups is 1. The molecule has 0 radical (unpaired) electrons. The first-order valence-corrected chi connectivity index (χ1v) is 13.0. The number of amides is 1. The largest absolute Gasteiger partial charge is 0.427 e. The van der Waals surface area contributed by atoms with Crippen LogP contribution in [-0.2, 0) is 21.7 Å². The van der Waals surface area contributed by atoms with Crippen LogP contribution < -0.4 is 10.8 Å². The maximum atomic E-state index is 11.7. The van der Waals surface area contributed by atoms with Gasteiger partial charge in [0.25, 0.3) is 0 Å². The number of halogens is 1. The van der Waals surface area contributed by atoms with E-state index in [9.17, 15) is 4.79 Å². The number of hydrogen-bond acceptors (Lipinski definition) is 8. The van der Waals surface area contributed by atoms with Crippen LogP contribution in [-0.4, -0.2) is 37.7 Å². The number of hydroxylamine groups is 1. The van der Waals surface area contributed by atoms with Gasteiger partial charge in [-0.25, -0.2) is 19.7 Å². The summed E-state index contributed by atoms with van der Waals surface area (Å²) in [6.45, 7) is 3.16. The van der Waals surface area contributed by atoms with Gasteiger partial charge < -0.3 is 14.1 Å². The lowest BCUT2D eigenvalue weighted by molar-refractivity contribution is -0.0870. The van der Waals surface area contributed by atoms with Crippen molar-refractivity contribution >= 4 is 28.9 Å². The van der Waals surface area contributed by atoms with Gasteiger partial charge in [0, 0.05) is 31.6 Å². The van der Waals surface area contributed by atoms with E-state index >= 15 is 0 Å². The smallest absolute Gasteiger partial charge is 0.370 e. The zero-order chi connectivity index (χ0) is 24.9. The van der Waals surface area contributed by atoms with E-state index in [0.717, 1.165) is 48.6 Å². The highest BCUT2D eigenvalue weighted by molar-refractivity contribution is 6.30. The maximum Gasteiger partial charge on any atom is 0.427 e. The van der Waals surface area contributed by atoms with Gasteiger partial charge in [0.05, 0.1) is 5.02 Å². The first-order chi connectivity index (χ1) is 17.5. The van der Waals surface area contributed by atoms with E-state index in [2.05, 4.69) is 27.3 Å². The fraction of sp³-hybridized carbons (Fsp3) is 0.560. The van der Waals surface area contributed by atoms with Gasteiger partial charge in [-0.3, -0.25) is 10.3 Å². The molecule has 0 bridgehead atoms. The summed E-state index contributed by atoms with van der Waals surface area (Å²) >= 11 is 6.34. The van der Waals surface area contributed by atoms with E-state index in [-0.39, 0.29) is 0 Å². The Bertz CT molecular complexity index is 1290. The van der Waals surface area contributed by atoms with E-state index in [0.29, 0.717) is 28.1 Å². The van der Waals surface area contributed by atoms with Gasteiger partial charge >= 0.3 is 6.09 Å². The number of imidazole rings is 1. The summed E-state index contributed by atoms with van der Waals surface area (Å²) in [6.07, 6.45) is 9.82. The molecule has 2 saturated carbocycles. The minimum absolute atomic E-state index is 0.353. The third-order valence-electron chi connectivity index (χ3n) is 7.92. The maximum absolute atomic E-state index is 11.7. The monoisotopic (exact) mass is 511 g/mol. The second-order valence-corrected chi connectivity index (χ2v) is 10.7. The Morgan fingerprint density at radius 1 is 1.19 bits per heavy atom. The molecule has 3 aliphatic rings. The number of pyridine rings is 1. The Morgan fingerprint density at radius 3 is 2.64 bits per heavy atom. The first kappa shape index (κ1) is 23.6. The molecule has 1 amide bonds. The Balaban J connectivity index is 1.55. The molecule has 190 valence electrons. The molecular formula is C25H30ClN7O3. The van der Waals surface area contributed by atoms with Gasteiger partial charge in [-0.05, 0) is 50.0 Å². The van der Waals surface area contributed by atoms with Crippen LogP contribution in [0.4, 0.5) is 4.79 Å². The molecule has 2 N–H and O–H groups in total. The molecule has 0 spiro atoms. The fourth-order valence-corrected chi connectivity index (χ4v) is 5.82. The van der Waals surface area contributed by atoms with E-state index in [1.54, 1.807) is 19.5 Å². The highest BCUT2D eigenvalue weighted by Crippen LogP contribution is 2.46. The summed E-state index contributed by atoms with van der Waals surface area (Å²) in [4.78, 5) is 35.6. The highest BCUT2D eigenvalue weighted by atomic mass is 35.5. The Labute approximate surface area is 214 Å². The van der Waals surface area contributed by atoms with Crippen molar-refractivity contribution in [2.75, 3.05) is 7.11 Å². The van der Waals surface area contributed by atoms with Crippen molar-refractivity contribution in [2.24, 2.45) is 11.8 Å². The van der Waals surface area contributed by atoms with Gasteiger partial charge in [0.1, 0.15) is 22.6 Å². The molecule has 1 atom stereocenters. The number of fused-ring (bicyclic) bond motifs is 1. The third-order valence-corrected chi connectivity index (χ3v) is 8.13. The van der Waals surface area contributed by atoms with E-state index < -0.39 is 17.9 Å². The van der Waals surface area contributed by atoms with Crippen LogP contribution in [0.3, 0.4) is 0 Å². The molecular weight excluding hydrogens is 482 g/mol. The summed E-state index contributed by atoms with van der Waals surface area (Å²) in [5, 5.41) is 3.19. The summed E-state index contributed by atoms with van der Waals surface area (Å²) in [6, 6.07) is 1.84. The first-order valence-electron chi connectivity index (χ1n) is 12.6. The number of methoxy groups -OCH3 is 1. The Hall–Kier alpha value is -2.82. The SMILES string of the molecule is COC1(c2nc3nc(C4NOC(=O)N4)nc(-c4cncc(Cl)c4)c3n2CC2CCC(C)CC2)CCC1. The second kappa shape index (κ2) is 9.24. The average molecular weight is 512 g/mol. The third kappa shape index (κ3) is 4.10. The van der Waals surface area contributed by atoms with Crippen molar-refractivity contribution in [3.8, 4) is 11.3 Å². The van der Waals surface area contributed by atoms with Crippen LogP contribution in [0.1, 0.15) is 69.7 Å². The topological polar surface area (TPSA) is 116 Å². The quantitative estimate of drug-likeness (QED) is 0.491. The van der Waals surface area contributed by atoms with Crippen molar-refractivity contribution in [3.05, 3.63) is 35.1 Å². The lowest BCUT2D eigenvalue weighted by Crippen LogP contribution is -2.39. The predicted octanol–water partition coefficient (Wildman–Crippen LogP) is 4.64. The van der Waals surface area contributed by atoms with Gasteiger partial charge in [-0.15, -0.1) is 5.48 Å². The highest BCUT2D eigenvalue weighted by Gasteiger charge is 2.44. The summed E-state index contributed by atoms with van der Waals surface area (Å²) < 4.78 is 8.38. The van der Waals surface area contributed by atoms with E-state index in [1.165, 1.54) is 25.7 Å². The zero-order valence-electron chi connectivity index (χ0n) is 20.5. The van der Waals surface area contributed by atoms with Crippen LogP contribution in [0.2, 0.25) is 5.02 Å². The van der Waals surface area contributed by atoms with Gasteiger partial charge in [-0.2, -0.15) is 0 Å². The van der Waals surface area contributed by atoms with E-state index in [4.69, 9.17) is 36.1 Å². The molecule has 4 heterocycles. The minimum Gasteiger partial charge on any atom is -0.370 e. The van der Waals surface area contributed by atoms with Crippen LogP contribution in [0.25, 0.3) is 22.4 Å². The van der Waals surface area contributed by atoms with Crippen molar-refractivity contribution < 1.29 is 14.4 Å². The van der Waals surface area contributed by atoms with Gasteiger partial charge in [-0.1, -0.05) is 31.4 Å². The molecule has 1 saturated heterocycles. The number of nitrogens with zero attached hydrogens (tertiary/aromatic N) is 5. The van der Waals surface area contributed by atoms with Crippen LogP contribution in [0.5, 0.6) is 0 Å². The standard InChI is InChI=1S/C25H30ClN7O3/c1-14-4-6-15(7-5-14)13-33-19-18(16-10-17(26)12-27-11-16)28-21(22-31-24(34)36-32-22)29-20(19)30-23(33)25(35-2)8-3-9-25/h10-12,14-15,22,32H,3-9,13H2,1-2H3,(H,31,34). The number of nitrogens with one attached hydrogen (secondary N) is 2. The van der Waals surface area contributed by atoms with Crippen LogP contribution in [0, 0.1) is 11.8 Å². The normalized spacial score (nSPS) is 25.4.